The van der Waals surface area contributed by atoms with Crippen molar-refractivity contribution in [2.24, 2.45) is 0 Å². The van der Waals surface area contributed by atoms with E-state index in [0.29, 0.717) is 0 Å². The minimum absolute atomic E-state index is 0.899. The first-order valence-electron chi connectivity index (χ1n) is 7.81. The molecule has 3 rings (SSSR count). The Hall–Kier alpha value is -2.00. The molecule has 0 bridgehead atoms. The third-order valence-corrected chi connectivity index (χ3v) is 4.43. The number of rotatable bonds is 5. The van der Waals surface area contributed by atoms with E-state index in [1.54, 1.807) is 0 Å². The molecule has 3 aromatic rings. The van der Waals surface area contributed by atoms with Crippen LogP contribution in [0.3, 0.4) is 0 Å². The first-order valence-corrected chi connectivity index (χ1v) is 8.60. The molecule has 0 saturated heterocycles. The molecular weight excluding hydrogens is 345 g/mol. The van der Waals surface area contributed by atoms with E-state index in [2.05, 4.69) is 108 Å². The van der Waals surface area contributed by atoms with E-state index in [0.717, 1.165) is 17.6 Å². The molecule has 0 saturated carbocycles. The number of halogens is 1. The van der Waals surface area contributed by atoms with Crippen LogP contribution in [0, 0.1) is 0 Å². The molecular formula is C20H19BBrN. The quantitative estimate of drug-likeness (QED) is 0.621. The number of hydrogen-bond donors (Lipinski definition) is 0. The van der Waals surface area contributed by atoms with Gasteiger partial charge in [0.1, 0.15) is 7.85 Å². The molecule has 0 aromatic heterocycles. The van der Waals surface area contributed by atoms with Gasteiger partial charge in [-0.25, -0.2) is 0 Å². The summed E-state index contributed by atoms with van der Waals surface area (Å²) < 4.78 is 1.11. The van der Waals surface area contributed by atoms with E-state index in [1.165, 1.54) is 22.3 Å². The number of benzene rings is 3. The summed E-state index contributed by atoms with van der Waals surface area (Å²) in [6.07, 6.45) is 0. The maximum absolute atomic E-state index is 3.52. The highest BCUT2D eigenvalue weighted by molar-refractivity contribution is 9.10. The molecule has 0 aliphatic carbocycles. The fraction of sp³-hybridized carbons (Fsp3) is 0.100. The Labute approximate surface area is 147 Å². The zero-order valence-corrected chi connectivity index (χ0v) is 14.8. The maximum atomic E-state index is 3.52. The molecule has 1 nitrogen and oxygen atoms in total. The minimum Gasteiger partial charge on any atom is -0.363 e. The second kappa shape index (κ2) is 7.52. The average molecular weight is 364 g/mol. The van der Waals surface area contributed by atoms with Crippen molar-refractivity contribution < 1.29 is 0 Å². The van der Waals surface area contributed by atoms with Crippen LogP contribution < -0.4 is 10.4 Å². The molecule has 23 heavy (non-hydrogen) atoms. The molecule has 0 N–H and O–H groups in total. The van der Waals surface area contributed by atoms with Gasteiger partial charge in [0, 0.05) is 23.2 Å². The number of nitrogens with zero attached hydrogens (tertiary/aromatic N) is 1. The number of anilines is 1. The molecule has 114 valence electrons. The Morgan fingerprint density at radius 3 is 1.87 bits per heavy atom. The van der Waals surface area contributed by atoms with Gasteiger partial charge in [-0.15, -0.1) is 0 Å². The molecule has 0 aliphatic rings. The van der Waals surface area contributed by atoms with Crippen molar-refractivity contribution >= 4 is 34.9 Å². The highest BCUT2D eigenvalue weighted by Gasteiger charge is 2.08. The highest BCUT2D eigenvalue weighted by atomic mass is 79.9. The highest BCUT2D eigenvalue weighted by Crippen LogP contribution is 2.22. The second-order valence-electron chi connectivity index (χ2n) is 5.80. The predicted octanol–water partition coefficient (Wildman–Crippen LogP) is 3.91. The molecule has 0 fully saturated rings. The van der Waals surface area contributed by atoms with E-state index in [-0.39, 0.29) is 0 Å². The van der Waals surface area contributed by atoms with Gasteiger partial charge < -0.3 is 4.90 Å². The molecule has 0 atom stereocenters. The van der Waals surface area contributed by atoms with Crippen molar-refractivity contribution in [3.63, 3.8) is 0 Å². The van der Waals surface area contributed by atoms with Gasteiger partial charge in [-0.3, -0.25) is 0 Å². The summed E-state index contributed by atoms with van der Waals surface area (Å²) in [5, 5.41) is 0. The Bertz CT molecular complexity index is 739. The van der Waals surface area contributed by atoms with Crippen LogP contribution in [0.25, 0.3) is 0 Å². The third kappa shape index (κ3) is 4.49. The average Bonchev–Trinajstić information content (AvgIpc) is 2.58. The molecule has 0 spiro atoms. The molecule has 0 radical (unpaired) electrons. The standard InChI is InChI=1S/C20H19BBrN/c21-18-8-6-17(7-9-18)15-23(14-16-4-2-1-3-5-16)20-12-10-19(22)11-13-20/h1-13H,14-15,21H2. The van der Waals surface area contributed by atoms with Crippen LogP contribution >= 0.6 is 15.9 Å². The fourth-order valence-electron chi connectivity index (χ4n) is 2.61. The summed E-state index contributed by atoms with van der Waals surface area (Å²) in [5.74, 6) is 0. The topological polar surface area (TPSA) is 3.24 Å². The van der Waals surface area contributed by atoms with Crippen molar-refractivity contribution in [3.8, 4) is 0 Å². The smallest absolute Gasteiger partial charge is 0.139 e. The first kappa shape index (κ1) is 15.9. The molecule has 0 aliphatic heterocycles. The van der Waals surface area contributed by atoms with Crippen molar-refractivity contribution in [3.05, 3.63) is 94.5 Å². The maximum Gasteiger partial charge on any atom is 0.139 e. The van der Waals surface area contributed by atoms with Gasteiger partial charge in [0.25, 0.3) is 0 Å². The van der Waals surface area contributed by atoms with Crippen molar-refractivity contribution in [1.29, 1.82) is 0 Å². The third-order valence-electron chi connectivity index (χ3n) is 3.90. The Morgan fingerprint density at radius 2 is 1.26 bits per heavy atom. The Kier molecular flexibility index (Phi) is 5.19. The molecule has 3 heteroatoms. The lowest BCUT2D eigenvalue weighted by Gasteiger charge is -2.25. The summed E-state index contributed by atoms with van der Waals surface area (Å²) in [4.78, 5) is 2.41. The largest absolute Gasteiger partial charge is 0.363 e. The SMILES string of the molecule is Bc1ccc(CN(Cc2ccccc2)c2ccc(Br)cc2)cc1. The van der Waals surface area contributed by atoms with E-state index in [9.17, 15) is 0 Å². The van der Waals surface area contributed by atoms with Crippen LogP contribution in [0.2, 0.25) is 0 Å². The normalized spacial score (nSPS) is 10.5. The van der Waals surface area contributed by atoms with E-state index < -0.39 is 0 Å². The van der Waals surface area contributed by atoms with Gasteiger partial charge in [-0.05, 0) is 35.4 Å². The summed E-state index contributed by atoms with van der Waals surface area (Å²) >= 11 is 3.52. The van der Waals surface area contributed by atoms with Gasteiger partial charge in [-0.1, -0.05) is 76.0 Å². The lowest BCUT2D eigenvalue weighted by Crippen LogP contribution is -2.22. The van der Waals surface area contributed by atoms with Gasteiger partial charge in [-0.2, -0.15) is 0 Å². The lowest BCUT2D eigenvalue weighted by molar-refractivity contribution is 0.800. The van der Waals surface area contributed by atoms with Crippen LogP contribution in [-0.4, -0.2) is 7.85 Å². The molecule has 0 amide bonds. The Balaban J connectivity index is 1.86. The van der Waals surface area contributed by atoms with E-state index in [1.807, 2.05) is 0 Å². The number of hydrogen-bond acceptors (Lipinski definition) is 1. The minimum atomic E-state index is 0.899. The lowest BCUT2D eigenvalue weighted by atomic mass is 9.95. The van der Waals surface area contributed by atoms with Gasteiger partial charge in [0.2, 0.25) is 0 Å². The van der Waals surface area contributed by atoms with Crippen LogP contribution in [0.4, 0.5) is 5.69 Å². The predicted molar refractivity (Wildman–Crippen MR) is 105 cm³/mol. The van der Waals surface area contributed by atoms with Crippen LogP contribution in [0.15, 0.2) is 83.3 Å². The molecule has 3 aromatic carbocycles. The zero-order chi connectivity index (χ0) is 16.1. The van der Waals surface area contributed by atoms with Crippen molar-refractivity contribution in [1.82, 2.24) is 0 Å². The van der Waals surface area contributed by atoms with E-state index >= 15 is 0 Å². The summed E-state index contributed by atoms with van der Waals surface area (Å²) in [6, 6.07) is 27.9. The van der Waals surface area contributed by atoms with Crippen LogP contribution in [0.5, 0.6) is 0 Å². The summed E-state index contributed by atoms with van der Waals surface area (Å²) in [6.45, 7) is 1.80. The van der Waals surface area contributed by atoms with Gasteiger partial charge in [0.15, 0.2) is 0 Å². The molecule has 0 heterocycles. The van der Waals surface area contributed by atoms with Crippen molar-refractivity contribution in [2.75, 3.05) is 4.90 Å². The molecule has 0 unspecified atom stereocenters. The zero-order valence-electron chi connectivity index (χ0n) is 13.2. The Morgan fingerprint density at radius 1 is 0.696 bits per heavy atom. The van der Waals surface area contributed by atoms with Gasteiger partial charge in [0.05, 0.1) is 0 Å². The van der Waals surface area contributed by atoms with Crippen LogP contribution in [-0.2, 0) is 13.1 Å². The second-order valence-corrected chi connectivity index (χ2v) is 6.72. The fourth-order valence-corrected chi connectivity index (χ4v) is 2.87. The van der Waals surface area contributed by atoms with Gasteiger partial charge >= 0.3 is 0 Å². The monoisotopic (exact) mass is 363 g/mol. The van der Waals surface area contributed by atoms with Crippen molar-refractivity contribution in [2.45, 2.75) is 13.1 Å². The van der Waals surface area contributed by atoms with Crippen LogP contribution in [0.1, 0.15) is 11.1 Å². The first-order chi connectivity index (χ1) is 11.2. The summed E-state index contributed by atoms with van der Waals surface area (Å²) in [5.41, 5.74) is 5.18. The van der Waals surface area contributed by atoms with E-state index in [4.69, 9.17) is 0 Å². The summed E-state index contributed by atoms with van der Waals surface area (Å²) in [7, 11) is 2.13.